The van der Waals surface area contributed by atoms with E-state index in [9.17, 15) is 14.7 Å². The van der Waals surface area contributed by atoms with Crippen LogP contribution >= 0.6 is 0 Å². The number of amides is 1. The molecule has 0 saturated carbocycles. The van der Waals surface area contributed by atoms with Gasteiger partial charge in [0.1, 0.15) is 13.0 Å². The number of para-hydroxylation sites is 2. The first-order chi connectivity index (χ1) is 17.5. The second-order valence-corrected chi connectivity index (χ2v) is 9.65. The molecule has 36 heavy (non-hydrogen) atoms. The normalized spacial score (nSPS) is 18.6. The van der Waals surface area contributed by atoms with E-state index in [1.807, 2.05) is 36.4 Å². The van der Waals surface area contributed by atoms with Crippen LogP contribution in [0.2, 0.25) is 0 Å². The van der Waals surface area contributed by atoms with Crippen molar-refractivity contribution >= 4 is 55.5 Å². The van der Waals surface area contributed by atoms with Gasteiger partial charge in [-0.15, -0.1) is 0 Å². The Labute approximate surface area is 206 Å². The molecule has 0 bridgehead atoms. The lowest BCUT2D eigenvalue weighted by Crippen LogP contribution is -2.41. The highest BCUT2D eigenvalue weighted by molar-refractivity contribution is 6.30. The number of rotatable bonds is 4. The minimum atomic E-state index is -1.72. The lowest BCUT2D eigenvalue weighted by molar-refractivity contribution is -0.170. The van der Waals surface area contributed by atoms with Crippen LogP contribution in [-0.2, 0) is 27.5 Å². The van der Waals surface area contributed by atoms with E-state index in [-0.39, 0.29) is 25.5 Å². The van der Waals surface area contributed by atoms with E-state index in [0.29, 0.717) is 12.1 Å². The van der Waals surface area contributed by atoms with E-state index < -0.39 is 17.8 Å². The zero-order valence-electron chi connectivity index (χ0n) is 20.0. The Bertz CT molecular complexity index is 1760. The topological polar surface area (TPSA) is 94.7 Å². The minimum Gasteiger partial charge on any atom is -0.467 e. The van der Waals surface area contributed by atoms with Crippen molar-refractivity contribution in [2.24, 2.45) is 0 Å². The fourth-order valence-electron chi connectivity index (χ4n) is 6.23. The first-order valence-electron chi connectivity index (χ1n) is 12.2. The molecule has 0 saturated heterocycles. The van der Waals surface area contributed by atoms with Gasteiger partial charge in [-0.05, 0) is 24.1 Å². The summed E-state index contributed by atoms with van der Waals surface area (Å²) in [7, 11) is 1.28. The second-order valence-electron chi connectivity index (χ2n) is 9.65. The minimum absolute atomic E-state index is 0.0114. The Morgan fingerprint density at radius 1 is 1.11 bits per heavy atom. The fraction of sp³-hybridized carbons (Fsp3) is 0.286. The van der Waals surface area contributed by atoms with Crippen molar-refractivity contribution < 1.29 is 24.2 Å². The van der Waals surface area contributed by atoms with Crippen molar-refractivity contribution in [1.29, 1.82) is 0 Å². The van der Waals surface area contributed by atoms with Crippen LogP contribution in [0, 0.1) is 0 Å². The van der Waals surface area contributed by atoms with Gasteiger partial charge in [0.15, 0.2) is 5.60 Å². The molecule has 7 rings (SSSR count). The number of methoxy groups -OCH3 is 1. The quantitative estimate of drug-likeness (QED) is 0.371. The van der Waals surface area contributed by atoms with Crippen LogP contribution in [0.4, 0.5) is 0 Å². The van der Waals surface area contributed by atoms with Gasteiger partial charge in [0, 0.05) is 34.5 Å². The van der Waals surface area contributed by atoms with E-state index in [2.05, 4.69) is 26.6 Å². The number of nitrogens with one attached hydrogen (secondary N) is 1. The van der Waals surface area contributed by atoms with Gasteiger partial charge in [-0.1, -0.05) is 43.3 Å². The summed E-state index contributed by atoms with van der Waals surface area (Å²) < 4.78 is 15.7. The van der Waals surface area contributed by atoms with Gasteiger partial charge in [0.05, 0.1) is 34.7 Å². The average Bonchev–Trinajstić information content (AvgIpc) is 3.52. The highest BCUT2D eigenvalue weighted by Crippen LogP contribution is 2.48. The predicted octanol–water partition coefficient (Wildman–Crippen LogP) is 4.34. The van der Waals surface area contributed by atoms with Crippen molar-refractivity contribution in [3.05, 3.63) is 59.7 Å². The molecule has 2 aliphatic rings. The number of ether oxygens (including phenoxy) is 2. The van der Waals surface area contributed by atoms with Crippen molar-refractivity contribution in [2.75, 3.05) is 7.11 Å². The van der Waals surface area contributed by atoms with E-state index in [1.165, 1.54) is 7.11 Å². The molecule has 0 fully saturated rings. The fourth-order valence-corrected chi connectivity index (χ4v) is 6.23. The SMILES string of the molecule is CC[C@](O)(C[C@H]1OCn2c3ccccc3c3c4c(c5c6ccccc6n1c5c32)C(=O)NC4)C(=O)OC. The summed E-state index contributed by atoms with van der Waals surface area (Å²) in [6, 6.07) is 16.1. The molecule has 2 atom stereocenters. The van der Waals surface area contributed by atoms with Crippen molar-refractivity contribution in [2.45, 2.75) is 44.9 Å². The molecule has 1 amide bonds. The number of aromatic nitrogens is 2. The highest BCUT2D eigenvalue weighted by Gasteiger charge is 2.41. The largest absolute Gasteiger partial charge is 0.467 e. The third-order valence-electron chi connectivity index (χ3n) is 7.96. The third-order valence-corrected chi connectivity index (χ3v) is 7.96. The molecule has 4 heterocycles. The molecular weight excluding hydrogens is 458 g/mol. The van der Waals surface area contributed by atoms with Crippen LogP contribution in [0.25, 0.3) is 43.6 Å². The summed E-state index contributed by atoms with van der Waals surface area (Å²) in [6.07, 6.45) is -0.475. The molecule has 8 heteroatoms. The molecule has 182 valence electrons. The summed E-state index contributed by atoms with van der Waals surface area (Å²) in [4.78, 5) is 25.9. The maximum atomic E-state index is 13.2. The van der Waals surface area contributed by atoms with Crippen molar-refractivity contribution in [1.82, 2.24) is 14.5 Å². The lowest BCUT2D eigenvalue weighted by atomic mass is 9.95. The van der Waals surface area contributed by atoms with Crippen LogP contribution < -0.4 is 5.32 Å². The number of hydrogen-bond acceptors (Lipinski definition) is 5. The van der Waals surface area contributed by atoms with Crippen molar-refractivity contribution in [3.8, 4) is 0 Å². The summed E-state index contributed by atoms with van der Waals surface area (Å²) in [5.74, 6) is -0.776. The summed E-state index contributed by atoms with van der Waals surface area (Å²) in [5, 5.41) is 18.3. The van der Waals surface area contributed by atoms with Gasteiger partial charge in [-0.3, -0.25) is 4.79 Å². The van der Waals surface area contributed by atoms with E-state index in [1.54, 1.807) is 6.92 Å². The predicted molar refractivity (Wildman–Crippen MR) is 136 cm³/mol. The average molecular weight is 484 g/mol. The number of hydrogen-bond donors (Lipinski definition) is 2. The number of esters is 1. The summed E-state index contributed by atoms with van der Waals surface area (Å²) >= 11 is 0. The molecule has 2 N–H and O–H groups in total. The summed E-state index contributed by atoms with van der Waals surface area (Å²) in [5.41, 5.74) is 3.74. The maximum Gasteiger partial charge on any atom is 0.338 e. The lowest BCUT2D eigenvalue weighted by Gasteiger charge is -2.29. The number of carbonyl (C=O) groups excluding carboxylic acids is 2. The second kappa shape index (κ2) is 7.32. The molecular formula is C28H25N3O5. The van der Waals surface area contributed by atoms with Gasteiger partial charge in [0.2, 0.25) is 0 Å². The number of nitrogens with zero attached hydrogens (tertiary/aromatic N) is 2. The molecule has 2 aliphatic heterocycles. The number of fused-ring (bicyclic) bond motifs is 9. The third kappa shape index (κ3) is 2.55. The van der Waals surface area contributed by atoms with E-state index >= 15 is 0 Å². The first kappa shape index (κ1) is 21.4. The van der Waals surface area contributed by atoms with Gasteiger partial charge in [-0.2, -0.15) is 0 Å². The zero-order chi connectivity index (χ0) is 24.8. The van der Waals surface area contributed by atoms with Crippen LogP contribution in [-0.4, -0.2) is 38.8 Å². The van der Waals surface area contributed by atoms with E-state index in [4.69, 9.17) is 9.47 Å². The number of aliphatic hydroxyl groups is 1. The highest BCUT2D eigenvalue weighted by atomic mass is 16.5. The monoisotopic (exact) mass is 483 g/mol. The molecule has 0 radical (unpaired) electrons. The smallest absolute Gasteiger partial charge is 0.338 e. The molecule has 2 aromatic heterocycles. The zero-order valence-corrected chi connectivity index (χ0v) is 20.0. The van der Waals surface area contributed by atoms with Crippen LogP contribution in [0.5, 0.6) is 0 Å². The number of carbonyl (C=O) groups is 2. The summed E-state index contributed by atoms with van der Waals surface area (Å²) in [6.45, 7) is 2.46. The Hall–Kier alpha value is -3.88. The Balaban J connectivity index is 1.67. The van der Waals surface area contributed by atoms with Crippen LogP contribution in [0.1, 0.15) is 41.9 Å². The first-order valence-corrected chi connectivity index (χ1v) is 12.2. The maximum absolute atomic E-state index is 13.2. The van der Waals surface area contributed by atoms with Gasteiger partial charge < -0.3 is 29.0 Å². The molecule has 3 aromatic carbocycles. The molecule has 0 unspecified atom stereocenters. The molecule has 0 spiro atoms. The standard InChI is InChI=1S/C28H25N3O5/c1-3-28(34,27(33)35-2)12-20-31-19-11-7-5-9-16(19)22-23-17(13-29-26(23)32)21-15-8-4-6-10-18(15)30(14-36-20)24(21)25(22)31/h4-11,20,34H,3,12-14H2,1-2H3,(H,29,32)/t20-,28+/m1/s1. The Morgan fingerprint density at radius 2 is 1.81 bits per heavy atom. The molecule has 8 nitrogen and oxygen atoms in total. The van der Waals surface area contributed by atoms with Crippen molar-refractivity contribution in [3.63, 3.8) is 0 Å². The Kier molecular flexibility index (Phi) is 4.35. The van der Waals surface area contributed by atoms with Crippen LogP contribution in [0.15, 0.2) is 48.5 Å². The van der Waals surface area contributed by atoms with E-state index in [0.717, 1.165) is 49.2 Å². The molecule has 0 aliphatic carbocycles. The molecule has 5 aromatic rings. The van der Waals surface area contributed by atoms with Gasteiger partial charge >= 0.3 is 5.97 Å². The van der Waals surface area contributed by atoms with Gasteiger partial charge in [-0.25, -0.2) is 4.79 Å². The Morgan fingerprint density at radius 3 is 2.53 bits per heavy atom. The van der Waals surface area contributed by atoms with Crippen LogP contribution in [0.3, 0.4) is 0 Å². The van der Waals surface area contributed by atoms with Gasteiger partial charge in [0.25, 0.3) is 5.91 Å². The number of benzene rings is 3.